The van der Waals surface area contributed by atoms with E-state index in [0.29, 0.717) is 23.6 Å². The Bertz CT molecular complexity index is 580. The Hall–Kier alpha value is -2.31. The van der Waals surface area contributed by atoms with E-state index in [1.165, 1.54) is 6.42 Å². The monoisotopic (exact) mass is 303 g/mol. The SMILES string of the molecule is COc1cc(OC)nc(N2CCCC(Cn3ccnc3)C2)n1. The molecule has 3 heterocycles. The van der Waals surface area contributed by atoms with Gasteiger partial charge in [-0.1, -0.05) is 0 Å². The molecular formula is C15H21N5O2. The molecule has 0 aliphatic carbocycles. The maximum Gasteiger partial charge on any atom is 0.231 e. The second kappa shape index (κ2) is 6.64. The molecule has 1 unspecified atom stereocenters. The van der Waals surface area contributed by atoms with Gasteiger partial charge in [-0.15, -0.1) is 0 Å². The van der Waals surface area contributed by atoms with Gasteiger partial charge in [0.2, 0.25) is 17.7 Å². The van der Waals surface area contributed by atoms with Crippen molar-refractivity contribution in [2.75, 3.05) is 32.2 Å². The Morgan fingerprint density at radius 1 is 1.23 bits per heavy atom. The zero-order valence-corrected chi connectivity index (χ0v) is 13.0. The average molecular weight is 303 g/mol. The van der Waals surface area contributed by atoms with Crippen LogP contribution in [0.1, 0.15) is 12.8 Å². The summed E-state index contributed by atoms with van der Waals surface area (Å²) in [5, 5.41) is 0. The van der Waals surface area contributed by atoms with E-state index in [4.69, 9.17) is 9.47 Å². The molecule has 0 aromatic carbocycles. The van der Waals surface area contributed by atoms with Crippen LogP contribution in [0.15, 0.2) is 24.8 Å². The van der Waals surface area contributed by atoms with Crippen LogP contribution in [0.2, 0.25) is 0 Å². The number of anilines is 1. The summed E-state index contributed by atoms with van der Waals surface area (Å²) < 4.78 is 12.6. The van der Waals surface area contributed by atoms with E-state index in [1.54, 1.807) is 20.3 Å². The molecule has 0 radical (unpaired) electrons. The summed E-state index contributed by atoms with van der Waals surface area (Å²) in [6, 6.07) is 1.69. The van der Waals surface area contributed by atoms with Crippen molar-refractivity contribution in [2.45, 2.75) is 19.4 Å². The third-order valence-electron chi connectivity index (χ3n) is 3.92. The Balaban J connectivity index is 1.73. The predicted octanol–water partition coefficient (Wildman–Crippen LogP) is 1.61. The van der Waals surface area contributed by atoms with Crippen LogP contribution in [0, 0.1) is 5.92 Å². The smallest absolute Gasteiger partial charge is 0.231 e. The molecule has 22 heavy (non-hydrogen) atoms. The quantitative estimate of drug-likeness (QED) is 0.836. The number of ether oxygens (including phenoxy) is 2. The highest BCUT2D eigenvalue weighted by atomic mass is 16.5. The standard InChI is InChI=1S/C15H21N5O2/c1-21-13-8-14(22-2)18-15(17-13)20-6-3-4-12(10-20)9-19-7-5-16-11-19/h5,7-8,11-12H,3-4,6,9-10H2,1-2H3. The molecule has 7 heteroatoms. The van der Waals surface area contributed by atoms with Crippen molar-refractivity contribution in [3.63, 3.8) is 0 Å². The third kappa shape index (κ3) is 3.29. The average Bonchev–Trinajstić information content (AvgIpc) is 3.07. The lowest BCUT2D eigenvalue weighted by molar-refractivity contribution is 0.353. The third-order valence-corrected chi connectivity index (χ3v) is 3.92. The first-order chi connectivity index (χ1) is 10.8. The summed E-state index contributed by atoms with van der Waals surface area (Å²) in [4.78, 5) is 15.2. The molecule has 118 valence electrons. The molecule has 2 aromatic rings. The number of piperidine rings is 1. The fourth-order valence-electron chi connectivity index (χ4n) is 2.83. The Morgan fingerprint density at radius 3 is 2.64 bits per heavy atom. The van der Waals surface area contributed by atoms with Crippen LogP contribution in [0.3, 0.4) is 0 Å². The van der Waals surface area contributed by atoms with Gasteiger partial charge in [0, 0.05) is 32.0 Å². The summed E-state index contributed by atoms with van der Waals surface area (Å²) in [5.41, 5.74) is 0. The van der Waals surface area contributed by atoms with Crippen LogP contribution in [0.25, 0.3) is 0 Å². The predicted molar refractivity (Wildman–Crippen MR) is 82.3 cm³/mol. The number of methoxy groups -OCH3 is 2. The van der Waals surface area contributed by atoms with Crippen LogP contribution < -0.4 is 14.4 Å². The van der Waals surface area contributed by atoms with Crippen LogP contribution in [0.5, 0.6) is 11.8 Å². The Morgan fingerprint density at radius 2 is 2.00 bits per heavy atom. The summed E-state index contributed by atoms with van der Waals surface area (Å²) in [6.07, 6.45) is 8.02. The molecule has 1 saturated heterocycles. The molecule has 1 atom stereocenters. The molecule has 0 spiro atoms. The van der Waals surface area contributed by atoms with Crippen molar-refractivity contribution in [3.8, 4) is 11.8 Å². The first-order valence-corrected chi connectivity index (χ1v) is 7.46. The largest absolute Gasteiger partial charge is 0.481 e. The molecular weight excluding hydrogens is 282 g/mol. The molecule has 1 aliphatic rings. The molecule has 2 aromatic heterocycles. The summed E-state index contributed by atoms with van der Waals surface area (Å²) in [6.45, 7) is 2.85. The maximum absolute atomic E-state index is 5.23. The first-order valence-electron chi connectivity index (χ1n) is 7.46. The molecule has 7 nitrogen and oxygen atoms in total. The van der Waals surface area contributed by atoms with Gasteiger partial charge in [-0.05, 0) is 18.8 Å². The fraction of sp³-hybridized carbons (Fsp3) is 0.533. The highest BCUT2D eigenvalue weighted by Gasteiger charge is 2.23. The lowest BCUT2D eigenvalue weighted by Crippen LogP contribution is -2.38. The molecule has 0 bridgehead atoms. The second-order valence-corrected chi connectivity index (χ2v) is 5.47. The first kappa shape index (κ1) is 14.6. The summed E-state index contributed by atoms with van der Waals surface area (Å²) in [7, 11) is 3.20. The number of rotatable bonds is 5. The zero-order chi connectivity index (χ0) is 15.4. The zero-order valence-electron chi connectivity index (χ0n) is 13.0. The van der Waals surface area contributed by atoms with E-state index in [2.05, 4.69) is 24.4 Å². The van der Waals surface area contributed by atoms with Gasteiger partial charge in [0.15, 0.2) is 0 Å². The van der Waals surface area contributed by atoms with E-state index in [0.717, 1.165) is 26.1 Å². The maximum atomic E-state index is 5.23. The van der Waals surface area contributed by atoms with Crippen molar-refractivity contribution >= 4 is 5.95 Å². The van der Waals surface area contributed by atoms with Gasteiger partial charge in [-0.2, -0.15) is 9.97 Å². The van der Waals surface area contributed by atoms with Crippen molar-refractivity contribution in [2.24, 2.45) is 5.92 Å². The highest BCUT2D eigenvalue weighted by molar-refractivity contribution is 5.37. The Kier molecular flexibility index (Phi) is 4.41. The van der Waals surface area contributed by atoms with Crippen LogP contribution >= 0.6 is 0 Å². The van der Waals surface area contributed by atoms with Crippen LogP contribution in [-0.2, 0) is 6.54 Å². The van der Waals surface area contributed by atoms with Gasteiger partial charge in [0.25, 0.3) is 0 Å². The normalized spacial score (nSPS) is 18.3. The number of imidazole rings is 1. The summed E-state index contributed by atoms with van der Waals surface area (Å²) >= 11 is 0. The minimum Gasteiger partial charge on any atom is -0.481 e. The fourth-order valence-corrected chi connectivity index (χ4v) is 2.83. The minimum atomic E-state index is 0.526. The van der Waals surface area contributed by atoms with Gasteiger partial charge >= 0.3 is 0 Å². The molecule has 1 aliphatic heterocycles. The second-order valence-electron chi connectivity index (χ2n) is 5.47. The minimum absolute atomic E-state index is 0.526. The Labute approximate surface area is 129 Å². The van der Waals surface area contributed by atoms with Crippen molar-refractivity contribution in [1.82, 2.24) is 19.5 Å². The van der Waals surface area contributed by atoms with E-state index in [-0.39, 0.29) is 0 Å². The molecule has 0 N–H and O–H groups in total. The van der Waals surface area contributed by atoms with Gasteiger partial charge in [0.1, 0.15) is 0 Å². The summed E-state index contributed by atoms with van der Waals surface area (Å²) in [5.74, 6) is 2.28. The van der Waals surface area contributed by atoms with Crippen molar-refractivity contribution < 1.29 is 9.47 Å². The molecule has 1 fully saturated rings. The molecule has 0 saturated carbocycles. The van der Waals surface area contributed by atoms with E-state index in [9.17, 15) is 0 Å². The van der Waals surface area contributed by atoms with Crippen molar-refractivity contribution in [3.05, 3.63) is 24.8 Å². The van der Waals surface area contributed by atoms with E-state index < -0.39 is 0 Å². The van der Waals surface area contributed by atoms with Gasteiger partial charge in [-0.25, -0.2) is 4.98 Å². The lowest BCUT2D eigenvalue weighted by atomic mass is 9.98. The van der Waals surface area contributed by atoms with Crippen LogP contribution in [-0.4, -0.2) is 46.8 Å². The van der Waals surface area contributed by atoms with Crippen LogP contribution in [0.4, 0.5) is 5.95 Å². The number of nitrogens with zero attached hydrogens (tertiary/aromatic N) is 5. The number of aromatic nitrogens is 4. The van der Waals surface area contributed by atoms with Gasteiger partial charge < -0.3 is 18.9 Å². The van der Waals surface area contributed by atoms with Gasteiger partial charge in [-0.3, -0.25) is 0 Å². The highest BCUT2D eigenvalue weighted by Crippen LogP contribution is 2.25. The van der Waals surface area contributed by atoms with Crippen molar-refractivity contribution in [1.29, 1.82) is 0 Å². The van der Waals surface area contributed by atoms with E-state index >= 15 is 0 Å². The van der Waals surface area contributed by atoms with Gasteiger partial charge in [0.05, 0.1) is 26.6 Å². The number of hydrogen-bond donors (Lipinski definition) is 0. The van der Waals surface area contributed by atoms with E-state index in [1.807, 2.05) is 18.7 Å². The molecule has 0 amide bonds. The number of hydrogen-bond acceptors (Lipinski definition) is 6. The lowest BCUT2D eigenvalue weighted by Gasteiger charge is -2.33. The molecule has 3 rings (SSSR count). The topological polar surface area (TPSA) is 65.3 Å².